The summed E-state index contributed by atoms with van der Waals surface area (Å²) < 4.78 is 1.60. The van der Waals surface area contributed by atoms with Gasteiger partial charge in [-0.2, -0.15) is 5.10 Å². The molecule has 0 amide bonds. The van der Waals surface area contributed by atoms with Crippen LogP contribution in [0.1, 0.15) is 21.7 Å². The first kappa shape index (κ1) is 12.6. The molecule has 7 heteroatoms. The average Bonchev–Trinajstić information content (AvgIpc) is 2.62. The number of pyridine rings is 1. The van der Waals surface area contributed by atoms with E-state index in [2.05, 4.69) is 15.1 Å². The van der Waals surface area contributed by atoms with Gasteiger partial charge in [-0.25, -0.2) is 14.5 Å². The van der Waals surface area contributed by atoms with Gasteiger partial charge in [0.15, 0.2) is 5.16 Å². The molecule has 94 valence electrons. The van der Waals surface area contributed by atoms with Crippen molar-refractivity contribution in [2.45, 2.75) is 23.9 Å². The number of carboxylic acid groups (broad SMARTS) is 1. The van der Waals surface area contributed by atoms with E-state index in [1.807, 2.05) is 6.92 Å². The van der Waals surface area contributed by atoms with Crippen molar-refractivity contribution in [1.82, 2.24) is 19.7 Å². The van der Waals surface area contributed by atoms with Gasteiger partial charge in [-0.3, -0.25) is 4.98 Å². The Morgan fingerprint density at radius 1 is 1.44 bits per heavy atom. The van der Waals surface area contributed by atoms with Gasteiger partial charge in [0.1, 0.15) is 6.33 Å². The minimum atomic E-state index is -0.982. The van der Waals surface area contributed by atoms with Gasteiger partial charge in [0.25, 0.3) is 0 Å². The van der Waals surface area contributed by atoms with Crippen LogP contribution in [-0.4, -0.2) is 30.8 Å². The normalized spacial score (nSPS) is 10.6. The van der Waals surface area contributed by atoms with Crippen LogP contribution in [0.3, 0.4) is 0 Å². The number of carbonyl (C=O) groups is 1. The largest absolute Gasteiger partial charge is 0.478 e. The summed E-state index contributed by atoms with van der Waals surface area (Å²) in [4.78, 5) is 20.1. The lowest BCUT2D eigenvalue weighted by atomic mass is 10.2. The summed E-state index contributed by atoms with van der Waals surface area (Å²) in [6, 6.07) is 1.75. The van der Waals surface area contributed by atoms with Crippen LogP contribution < -0.4 is 0 Å². The van der Waals surface area contributed by atoms with Crippen LogP contribution >= 0.6 is 11.8 Å². The van der Waals surface area contributed by atoms with Crippen LogP contribution in [0.25, 0.3) is 0 Å². The molecule has 2 heterocycles. The fourth-order valence-corrected chi connectivity index (χ4v) is 2.65. The molecule has 2 aromatic heterocycles. The van der Waals surface area contributed by atoms with Gasteiger partial charge in [-0.1, -0.05) is 0 Å². The monoisotopic (exact) mass is 264 g/mol. The maximum Gasteiger partial charge on any atom is 0.338 e. The third-order valence-corrected chi connectivity index (χ3v) is 3.47. The van der Waals surface area contributed by atoms with Gasteiger partial charge in [0, 0.05) is 17.6 Å². The standard InChI is InChI=1S/C11H12N4O2S/c1-6-4-8(9(10(16)17)7(2)14-6)18-11-12-5-13-15(11)3/h4-5H,1-3H3,(H,16,17). The predicted octanol–water partition coefficient (Wildman–Crippen LogP) is 1.68. The Labute approximate surface area is 108 Å². The SMILES string of the molecule is Cc1cc(Sc2ncnn2C)c(C(=O)O)c(C)n1. The molecule has 0 unspecified atom stereocenters. The molecular formula is C11H12N4O2S. The zero-order valence-corrected chi connectivity index (χ0v) is 11.0. The number of rotatable bonds is 3. The van der Waals surface area contributed by atoms with Gasteiger partial charge < -0.3 is 5.11 Å². The van der Waals surface area contributed by atoms with E-state index in [0.29, 0.717) is 15.7 Å². The zero-order chi connectivity index (χ0) is 13.3. The molecule has 0 aromatic carbocycles. The van der Waals surface area contributed by atoms with Gasteiger partial charge in [-0.05, 0) is 31.7 Å². The summed E-state index contributed by atoms with van der Waals surface area (Å²) in [7, 11) is 1.76. The zero-order valence-electron chi connectivity index (χ0n) is 10.2. The Morgan fingerprint density at radius 3 is 2.72 bits per heavy atom. The molecule has 0 radical (unpaired) electrons. The second-order valence-electron chi connectivity index (χ2n) is 3.80. The Hall–Kier alpha value is -1.89. The lowest BCUT2D eigenvalue weighted by molar-refractivity contribution is 0.0691. The molecule has 0 spiro atoms. The third-order valence-electron chi connectivity index (χ3n) is 2.38. The highest BCUT2D eigenvalue weighted by atomic mass is 32.2. The van der Waals surface area contributed by atoms with Crippen molar-refractivity contribution >= 4 is 17.7 Å². The highest BCUT2D eigenvalue weighted by Crippen LogP contribution is 2.30. The number of carboxylic acids is 1. The quantitative estimate of drug-likeness (QED) is 0.908. The van der Waals surface area contributed by atoms with Crippen LogP contribution in [0.4, 0.5) is 0 Å². The molecule has 6 nitrogen and oxygen atoms in total. The minimum absolute atomic E-state index is 0.216. The molecule has 0 bridgehead atoms. The maximum atomic E-state index is 11.3. The molecule has 0 saturated carbocycles. The second-order valence-corrected chi connectivity index (χ2v) is 4.80. The van der Waals surface area contributed by atoms with E-state index < -0.39 is 5.97 Å². The highest BCUT2D eigenvalue weighted by molar-refractivity contribution is 7.99. The minimum Gasteiger partial charge on any atom is -0.478 e. The molecule has 1 N–H and O–H groups in total. The van der Waals surface area contributed by atoms with Crippen LogP contribution in [0.5, 0.6) is 0 Å². The van der Waals surface area contributed by atoms with E-state index in [0.717, 1.165) is 5.69 Å². The number of aryl methyl sites for hydroxylation is 3. The van der Waals surface area contributed by atoms with Crippen LogP contribution in [0.15, 0.2) is 22.4 Å². The Kier molecular flexibility index (Phi) is 3.33. The van der Waals surface area contributed by atoms with E-state index in [-0.39, 0.29) is 5.56 Å². The van der Waals surface area contributed by atoms with Crippen molar-refractivity contribution in [3.8, 4) is 0 Å². The molecule has 0 aliphatic carbocycles. The first-order valence-corrected chi connectivity index (χ1v) is 6.04. The summed E-state index contributed by atoms with van der Waals surface area (Å²) >= 11 is 1.27. The summed E-state index contributed by atoms with van der Waals surface area (Å²) in [5, 5.41) is 13.8. The lowest BCUT2D eigenvalue weighted by Gasteiger charge is -2.08. The lowest BCUT2D eigenvalue weighted by Crippen LogP contribution is -2.06. The molecule has 0 atom stereocenters. The Bertz CT molecular complexity index is 609. The van der Waals surface area contributed by atoms with E-state index in [1.54, 1.807) is 24.7 Å². The first-order valence-electron chi connectivity index (χ1n) is 5.22. The molecule has 2 rings (SSSR count). The van der Waals surface area contributed by atoms with E-state index >= 15 is 0 Å². The van der Waals surface area contributed by atoms with E-state index in [9.17, 15) is 9.90 Å². The fourth-order valence-electron chi connectivity index (χ4n) is 1.61. The molecule has 2 aromatic rings. The third kappa shape index (κ3) is 2.35. The van der Waals surface area contributed by atoms with Crippen molar-refractivity contribution < 1.29 is 9.90 Å². The highest BCUT2D eigenvalue weighted by Gasteiger charge is 2.17. The second kappa shape index (κ2) is 4.77. The molecule has 0 aliphatic heterocycles. The Morgan fingerprint density at radius 2 is 2.17 bits per heavy atom. The number of aromatic nitrogens is 4. The number of hydrogen-bond donors (Lipinski definition) is 1. The van der Waals surface area contributed by atoms with Crippen molar-refractivity contribution in [3.05, 3.63) is 29.3 Å². The van der Waals surface area contributed by atoms with Crippen LogP contribution in [0, 0.1) is 13.8 Å². The fraction of sp³-hybridized carbons (Fsp3) is 0.273. The molecule has 0 fully saturated rings. The van der Waals surface area contributed by atoms with Crippen molar-refractivity contribution in [3.63, 3.8) is 0 Å². The predicted molar refractivity (Wildman–Crippen MR) is 65.8 cm³/mol. The Balaban J connectivity index is 2.49. The summed E-state index contributed by atoms with van der Waals surface area (Å²) in [6.07, 6.45) is 1.43. The first-order chi connectivity index (χ1) is 8.49. The molecular weight excluding hydrogens is 252 g/mol. The van der Waals surface area contributed by atoms with Crippen molar-refractivity contribution in [2.24, 2.45) is 7.05 Å². The molecule has 0 saturated heterocycles. The van der Waals surface area contributed by atoms with Gasteiger partial charge in [0.05, 0.1) is 11.3 Å². The smallest absolute Gasteiger partial charge is 0.338 e. The van der Waals surface area contributed by atoms with E-state index in [4.69, 9.17) is 0 Å². The van der Waals surface area contributed by atoms with Crippen LogP contribution in [-0.2, 0) is 7.05 Å². The summed E-state index contributed by atoms with van der Waals surface area (Å²) in [5.41, 5.74) is 1.50. The number of hydrogen-bond acceptors (Lipinski definition) is 5. The number of aromatic carboxylic acids is 1. The van der Waals surface area contributed by atoms with Crippen molar-refractivity contribution in [2.75, 3.05) is 0 Å². The summed E-state index contributed by atoms with van der Waals surface area (Å²) in [6.45, 7) is 3.52. The van der Waals surface area contributed by atoms with Gasteiger partial charge in [0.2, 0.25) is 0 Å². The maximum absolute atomic E-state index is 11.3. The van der Waals surface area contributed by atoms with Crippen LogP contribution in [0.2, 0.25) is 0 Å². The topological polar surface area (TPSA) is 80.9 Å². The van der Waals surface area contributed by atoms with Gasteiger partial charge >= 0.3 is 5.97 Å². The number of nitrogens with zero attached hydrogens (tertiary/aromatic N) is 4. The van der Waals surface area contributed by atoms with Crippen molar-refractivity contribution in [1.29, 1.82) is 0 Å². The average molecular weight is 264 g/mol. The molecule has 18 heavy (non-hydrogen) atoms. The van der Waals surface area contributed by atoms with E-state index in [1.165, 1.54) is 18.1 Å². The molecule has 0 aliphatic rings. The van der Waals surface area contributed by atoms with Gasteiger partial charge in [-0.15, -0.1) is 0 Å². The summed E-state index contributed by atoms with van der Waals surface area (Å²) in [5.74, 6) is -0.982.